The van der Waals surface area contributed by atoms with Crippen molar-refractivity contribution in [2.75, 3.05) is 30.4 Å². The molecule has 29 heavy (non-hydrogen) atoms. The zero-order chi connectivity index (χ0) is 21.2. The number of hydrogen-bond acceptors (Lipinski definition) is 4. The van der Waals surface area contributed by atoms with E-state index in [4.69, 9.17) is 0 Å². The zero-order valence-corrected chi connectivity index (χ0v) is 17.7. The quantitative estimate of drug-likeness (QED) is 0.775. The van der Waals surface area contributed by atoms with Crippen molar-refractivity contribution in [3.8, 4) is 0 Å². The molecule has 0 aromatic heterocycles. The molecule has 0 radical (unpaired) electrons. The Kier molecular flexibility index (Phi) is 6.24. The molecule has 0 atom stereocenters. The summed E-state index contributed by atoms with van der Waals surface area (Å²) in [5, 5.41) is 2.64. The van der Waals surface area contributed by atoms with Gasteiger partial charge in [0.05, 0.1) is 10.6 Å². The standard InChI is InChI=1S/C21H26FN3O3S/c1-15(2)24(3)29(27,28)18-8-6-7-16(13-18)21(26)23-17-9-10-20(19(22)14-17)25-11-4-5-12-25/h6-10,13-15H,4-5,11-12H2,1-3H3,(H,23,26). The van der Waals surface area contributed by atoms with Gasteiger partial charge < -0.3 is 10.2 Å². The molecule has 1 saturated heterocycles. The summed E-state index contributed by atoms with van der Waals surface area (Å²) in [7, 11) is -2.20. The molecule has 156 valence electrons. The molecule has 0 spiro atoms. The maximum atomic E-state index is 14.5. The molecule has 0 bridgehead atoms. The molecule has 2 aromatic rings. The molecular formula is C21H26FN3O3S. The van der Waals surface area contributed by atoms with E-state index in [-0.39, 0.29) is 22.3 Å². The Labute approximate surface area is 171 Å². The van der Waals surface area contributed by atoms with Gasteiger partial charge in [0.1, 0.15) is 5.82 Å². The highest BCUT2D eigenvalue weighted by molar-refractivity contribution is 7.89. The van der Waals surface area contributed by atoms with E-state index in [0.29, 0.717) is 11.4 Å². The molecule has 1 aliphatic heterocycles. The lowest BCUT2D eigenvalue weighted by molar-refractivity contribution is 0.102. The van der Waals surface area contributed by atoms with Crippen LogP contribution in [-0.4, -0.2) is 44.8 Å². The summed E-state index contributed by atoms with van der Waals surface area (Å²) in [4.78, 5) is 14.6. The highest BCUT2D eigenvalue weighted by Crippen LogP contribution is 2.26. The van der Waals surface area contributed by atoms with Gasteiger partial charge in [0.2, 0.25) is 10.0 Å². The molecule has 1 heterocycles. The van der Waals surface area contributed by atoms with Gasteiger partial charge >= 0.3 is 0 Å². The van der Waals surface area contributed by atoms with E-state index in [0.717, 1.165) is 25.9 Å². The van der Waals surface area contributed by atoms with Crippen LogP contribution in [0, 0.1) is 5.82 Å². The summed E-state index contributed by atoms with van der Waals surface area (Å²) in [5.41, 5.74) is 1.04. The molecule has 0 saturated carbocycles. The number of anilines is 2. The summed E-state index contributed by atoms with van der Waals surface area (Å²) in [6, 6.07) is 10.2. The monoisotopic (exact) mass is 419 g/mol. The lowest BCUT2D eigenvalue weighted by Gasteiger charge is -2.21. The third kappa shape index (κ3) is 4.59. The van der Waals surface area contributed by atoms with Crippen LogP contribution >= 0.6 is 0 Å². The molecule has 2 aromatic carbocycles. The maximum absolute atomic E-state index is 14.5. The van der Waals surface area contributed by atoms with E-state index in [9.17, 15) is 17.6 Å². The average Bonchev–Trinajstić information content (AvgIpc) is 3.22. The van der Waals surface area contributed by atoms with Crippen LogP contribution in [0.2, 0.25) is 0 Å². The first-order valence-corrected chi connectivity index (χ1v) is 11.1. The molecule has 0 unspecified atom stereocenters. The number of amides is 1. The first-order valence-electron chi connectivity index (χ1n) is 9.64. The predicted octanol–water partition coefficient (Wildman–Crippen LogP) is 3.71. The summed E-state index contributed by atoms with van der Waals surface area (Å²) >= 11 is 0. The van der Waals surface area contributed by atoms with Crippen LogP contribution in [0.3, 0.4) is 0 Å². The second kappa shape index (κ2) is 8.51. The summed E-state index contributed by atoms with van der Waals surface area (Å²) in [6.07, 6.45) is 2.09. The number of hydrogen-bond donors (Lipinski definition) is 1. The Balaban J connectivity index is 1.79. The van der Waals surface area contributed by atoms with Gasteiger partial charge in [0.25, 0.3) is 5.91 Å². The Morgan fingerprint density at radius 2 is 1.83 bits per heavy atom. The fourth-order valence-electron chi connectivity index (χ4n) is 3.24. The number of sulfonamides is 1. The minimum absolute atomic E-state index is 0.0388. The highest BCUT2D eigenvalue weighted by atomic mass is 32.2. The van der Waals surface area contributed by atoms with Crippen LogP contribution in [0.5, 0.6) is 0 Å². The van der Waals surface area contributed by atoms with E-state index in [1.165, 1.54) is 41.7 Å². The molecule has 3 rings (SSSR count). The maximum Gasteiger partial charge on any atom is 0.255 e. The van der Waals surface area contributed by atoms with Crippen LogP contribution in [-0.2, 0) is 10.0 Å². The third-order valence-corrected chi connectivity index (χ3v) is 7.18. The van der Waals surface area contributed by atoms with Gasteiger partial charge in [-0.15, -0.1) is 0 Å². The third-order valence-electron chi connectivity index (χ3n) is 5.15. The number of carbonyl (C=O) groups excluding carboxylic acids is 1. The van der Waals surface area contributed by atoms with E-state index in [1.807, 2.05) is 4.90 Å². The summed E-state index contributed by atoms with van der Waals surface area (Å²) in [5.74, 6) is -0.887. The zero-order valence-electron chi connectivity index (χ0n) is 16.9. The second-order valence-corrected chi connectivity index (χ2v) is 9.45. The van der Waals surface area contributed by atoms with Crippen LogP contribution < -0.4 is 10.2 Å². The molecule has 1 fully saturated rings. The predicted molar refractivity (Wildman–Crippen MR) is 112 cm³/mol. The minimum atomic E-state index is -3.70. The van der Waals surface area contributed by atoms with Crippen molar-refractivity contribution >= 4 is 27.3 Å². The number of carbonyl (C=O) groups is 1. The Hall–Kier alpha value is -2.45. The van der Waals surface area contributed by atoms with Crippen molar-refractivity contribution in [2.24, 2.45) is 0 Å². The van der Waals surface area contributed by atoms with Crippen LogP contribution in [0.25, 0.3) is 0 Å². The molecule has 8 heteroatoms. The van der Waals surface area contributed by atoms with Gasteiger partial charge in [-0.3, -0.25) is 4.79 Å². The second-order valence-electron chi connectivity index (χ2n) is 7.46. The number of benzene rings is 2. The number of nitrogens with zero attached hydrogens (tertiary/aromatic N) is 2. The Morgan fingerprint density at radius 3 is 2.45 bits per heavy atom. The molecule has 6 nitrogen and oxygen atoms in total. The lowest BCUT2D eigenvalue weighted by atomic mass is 10.2. The molecule has 1 aliphatic rings. The number of nitrogens with one attached hydrogen (secondary N) is 1. The molecule has 1 N–H and O–H groups in total. The van der Waals surface area contributed by atoms with Crippen LogP contribution in [0.15, 0.2) is 47.4 Å². The summed E-state index contributed by atoms with van der Waals surface area (Å²) in [6.45, 7) is 5.20. The van der Waals surface area contributed by atoms with Crippen LogP contribution in [0.4, 0.5) is 15.8 Å². The number of rotatable bonds is 6. The molecule has 1 amide bonds. The Bertz CT molecular complexity index is 1000. The lowest BCUT2D eigenvalue weighted by Crippen LogP contribution is -2.33. The fraction of sp³-hybridized carbons (Fsp3) is 0.381. The van der Waals surface area contributed by atoms with Gasteiger partial charge in [0, 0.05) is 37.4 Å². The van der Waals surface area contributed by atoms with Gasteiger partial charge in [0.15, 0.2) is 0 Å². The smallest absolute Gasteiger partial charge is 0.255 e. The summed E-state index contributed by atoms with van der Waals surface area (Å²) < 4.78 is 41.0. The van der Waals surface area contributed by atoms with E-state index < -0.39 is 15.9 Å². The van der Waals surface area contributed by atoms with Crippen molar-refractivity contribution in [3.63, 3.8) is 0 Å². The van der Waals surface area contributed by atoms with Gasteiger partial charge in [-0.05, 0) is 63.1 Å². The number of halogens is 1. The van der Waals surface area contributed by atoms with E-state index in [2.05, 4.69) is 5.32 Å². The SMILES string of the molecule is CC(C)N(C)S(=O)(=O)c1cccc(C(=O)Nc2ccc(N3CCCC3)c(F)c2)c1. The van der Waals surface area contributed by atoms with Gasteiger partial charge in [-0.25, -0.2) is 12.8 Å². The molecular weight excluding hydrogens is 393 g/mol. The largest absolute Gasteiger partial charge is 0.369 e. The van der Waals surface area contributed by atoms with Crippen molar-refractivity contribution in [2.45, 2.75) is 37.6 Å². The average molecular weight is 420 g/mol. The van der Waals surface area contributed by atoms with E-state index in [1.54, 1.807) is 26.0 Å². The molecule has 0 aliphatic carbocycles. The van der Waals surface area contributed by atoms with Gasteiger partial charge in [-0.1, -0.05) is 6.07 Å². The van der Waals surface area contributed by atoms with Crippen molar-refractivity contribution in [3.05, 3.63) is 53.8 Å². The van der Waals surface area contributed by atoms with Crippen molar-refractivity contribution in [1.82, 2.24) is 4.31 Å². The fourth-order valence-corrected chi connectivity index (χ4v) is 4.66. The topological polar surface area (TPSA) is 69.7 Å². The normalized spacial score (nSPS) is 14.6. The van der Waals surface area contributed by atoms with Crippen molar-refractivity contribution < 1.29 is 17.6 Å². The van der Waals surface area contributed by atoms with Crippen molar-refractivity contribution in [1.29, 1.82) is 0 Å². The Morgan fingerprint density at radius 1 is 1.14 bits per heavy atom. The first kappa shape index (κ1) is 21.3. The van der Waals surface area contributed by atoms with Gasteiger partial charge in [-0.2, -0.15) is 4.31 Å². The highest BCUT2D eigenvalue weighted by Gasteiger charge is 2.24. The first-order chi connectivity index (χ1) is 13.7. The minimum Gasteiger partial charge on any atom is -0.369 e. The van der Waals surface area contributed by atoms with E-state index >= 15 is 0 Å². The van der Waals surface area contributed by atoms with Crippen LogP contribution in [0.1, 0.15) is 37.0 Å².